The number of alkyl halides is 1. The van der Waals surface area contributed by atoms with Crippen molar-refractivity contribution in [1.29, 1.82) is 0 Å². The molecule has 0 saturated carbocycles. The van der Waals surface area contributed by atoms with Crippen LogP contribution in [0.2, 0.25) is 0 Å². The zero-order valence-corrected chi connectivity index (χ0v) is 8.54. The molecule has 0 saturated heterocycles. The molecule has 0 aliphatic heterocycles. The predicted octanol–water partition coefficient (Wildman–Crippen LogP) is 1.83. The third-order valence-corrected chi connectivity index (χ3v) is 2.04. The van der Waals surface area contributed by atoms with Gasteiger partial charge in [-0.15, -0.1) is 11.6 Å². The van der Waals surface area contributed by atoms with E-state index in [0.717, 1.165) is 11.5 Å². The van der Waals surface area contributed by atoms with Crippen molar-refractivity contribution in [2.24, 2.45) is 0 Å². The average molecular weight is 201 g/mol. The Morgan fingerprint density at radius 2 is 2.23 bits per heavy atom. The zero-order valence-electron chi connectivity index (χ0n) is 7.79. The molecule has 3 nitrogen and oxygen atoms in total. The second-order valence-electron chi connectivity index (χ2n) is 3.15. The predicted molar refractivity (Wildman–Crippen MR) is 51.6 cm³/mol. The van der Waals surface area contributed by atoms with E-state index in [1.54, 1.807) is 6.20 Å². The minimum Gasteiger partial charge on any atom is -0.392 e. The van der Waals surface area contributed by atoms with E-state index in [9.17, 15) is 0 Å². The highest BCUT2D eigenvalue weighted by Gasteiger charge is 2.07. The summed E-state index contributed by atoms with van der Waals surface area (Å²) in [5, 5.41) is 8.94. The molecule has 0 aliphatic carbocycles. The van der Waals surface area contributed by atoms with Crippen LogP contribution in [-0.4, -0.2) is 15.1 Å². The molecule has 1 heterocycles. The van der Waals surface area contributed by atoms with Crippen molar-refractivity contribution >= 4 is 11.6 Å². The molecule has 0 unspecified atom stereocenters. The summed E-state index contributed by atoms with van der Waals surface area (Å²) in [5.74, 6) is 1.38. The number of aliphatic hydroxyl groups is 1. The van der Waals surface area contributed by atoms with E-state index in [4.69, 9.17) is 16.7 Å². The molecular formula is C9H13ClN2O. The van der Waals surface area contributed by atoms with Gasteiger partial charge in [0, 0.05) is 17.7 Å². The van der Waals surface area contributed by atoms with Crippen molar-refractivity contribution in [2.45, 2.75) is 32.3 Å². The summed E-state index contributed by atoms with van der Waals surface area (Å²) in [4.78, 5) is 8.39. The number of hydrogen-bond acceptors (Lipinski definition) is 3. The molecule has 1 N–H and O–H groups in total. The lowest BCUT2D eigenvalue weighted by Gasteiger charge is -2.07. The van der Waals surface area contributed by atoms with Crippen molar-refractivity contribution in [1.82, 2.24) is 9.97 Å². The maximum absolute atomic E-state index is 8.94. The Morgan fingerprint density at radius 3 is 2.69 bits per heavy atom. The monoisotopic (exact) mass is 200 g/mol. The Bertz CT molecular complexity index is 289. The molecule has 0 fully saturated rings. The van der Waals surface area contributed by atoms with Gasteiger partial charge in [-0.1, -0.05) is 13.8 Å². The van der Waals surface area contributed by atoms with E-state index in [2.05, 4.69) is 9.97 Å². The average Bonchev–Trinajstić information content (AvgIpc) is 2.16. The molecule has 1 aromatic rings. The molecule has 0 amide bonds. The van der Waals surface area contributed by atoms with Gasteiger partial charge in [-0.25, -0.2) is 9.97 Å². The number of halogens is 1. The standard InChI is InChI=1S/C9H13ClN2O/c1-6(2)9-11-4-7(5-13)8(3-10)12-9/h4,6,13H,3,5H2,1-2H3. The lowest BCUT2D eigenvalue weighted by atomic mass is 10.2. The fourth-order valence-electron chi connectivity index (χ4n) is 0.983. The maximum atomic E-state index is 8.94. The van der Waals surface area contributed by atoms with Gasteiger partial charge in [0.15, 0.2) is 0 Å². The Morgan fingerprint density at radius 1 is 1.54 bits per heavy atom. The van der Waals surface area contributed by atoms with Crippen LogP contribution >= 0.6 is 11.6 Å². The first-order valence-corrected chi connectivity index (χ1v) is 4.74. The highest BCUT2D eigenvalue weighted by Crippen LogP contribution is 2.13. The Kier molecular flexibility index (Phi) is 3.63. The van der Waals surface area contributed by atoms with Gasteiger partial charge in [-0.2, -0.15) is 0 Å². The highest BCUT2D eigenvalue weighted by atomic mass is 35.5. The van der Waals surface area contributed by atoms with Gasteiger partial charge in [0.1, 0.15) is 5.82 Å². The van der Waals surface area contributed by atoms with E-state index in [1.165, 1.54) is 0 Å². The Labute approximate surface area is 82.8 Å². The lowest BCUT2D eigenvalue weighted by Crippen LogP contribution is -2.04. The van der Waals surface area contributed by atoms with Crippen LogP contribution < -0.4 is 0 Å². The van der Waals surface area contributed by atoms with E-state index >= 15 is 0 Å². The summed E-state index contributed by atoms with van der Waals surface area (Å²) in [6.07, 6.45) is 1.64. The van der Waals surface area contributed by atoms with Crippen molar-refractivity contribution < 1.29 is 5.11 Å². The van der Waals surface area contributed by atoms with Crippen LogP contribution in [0.1, 0.15) is 36.8 Å². The van der Waals surface area contributed by atoms with Crippen molar-refractivity contribution in [3.63, 3.8) is 0 Å². The van der Waals surface area contributed by atoms with Crippen LogP contribution in [-0.2, 0) is 12.5 Å². The van der Waals surface area contributed by atoms with E-state index in [0.29, 0.717) is 11.4 Å². The van der Waals surface area contributed by atoms with Crippen molar-refractivity contribution in [3.8, 4) is 0 Å². The van der Waals surface area contributed by atoms with E-state index < -0.39 is 0 Å². The Hall–Kier alpha value is -0.670. The molecule has 0 aromatic carbocycles. The first-order chi connectivity index (χ1) is 6.19. The van der Waals surface area contributed by atoms with Crippen LogP contribution in [0.4, 0.5) is 0 Å². The maximum Gasteiger partial charge on any atom is 0.131 e. The van der Waals surface area contributed by atoms with E-state index in [-0.39, 0.29) is 12.5 Å². The lowest BCUT2D eigenvalue weighted by molar-refractivity contribution is 0.279. The molecule has 1 rings (SSSR count). The summed E-state index contributed by atoms with van der Waals surface area (Å²) < 4.78 is 0. The Balaban J connectivity index is 3.05. The third-order valence-electron chi connectivity index (χ3n) is 1.79. The van der Waals surface area contributed by atoms with Crippen molar-refractivity contribution in [2.75, 3.05) is 0 Å². The molecule has 0 atom stereocenters. The summed E-state index contributed by atoms with van der Waals surface area (Å²) in [7, 11) is 0. The first-order valence-electron chi connectivity index (χ1n) is 4.20. The first kappa shape index (κ1) is 10.4. The summed E-state index contributed by atoms with van der Waals surface area (Å²) in [6.45, 7) is 3.98. The van der Waals surface area contributed by atoms with Gasteiger partial charge < -0.3 is 5.11 Å². The fourth-order valence-corrected chi connectivity index (χ4v) is 1.21. The van der Waals surface area contributed by atoms with Crippen LogP contribution in [0, 0.1) is 0 Å². The van der Waals surface area contributed by atoms with Gasteiger partial charge >= 0.3 is 0 Å². The molecule has 4 heteroatoms. The van der Waals surface area contributed by atoms with Crippen LogP contribution in [0.3, 0.4) is 0 Å². The quantitative estimate of drug-likeness (QED) is 0.758. The van der Waals surface area contributed by atoms with Crippen LogP contribution in [0.25, 0.3) is 0 Å². The molecule has 0 bridgehead atoms. The van der Waals surface area contributed by atoms with Gasteiger partial charge in [-0.05, 0) is 0 Å². The summed E-state index contributed by atoms with van der Waals surface area (Å²) in [6, 6.07) is 0. The second-order valence-corrected chi connectivity index (χ2v) is 3.41. The molecule has 13 heavy (non-hydrogen) atoms. The largest absolute Gasteiger partial charge is 0.392 e. The minimum absolute atomic E-state index is 0.0551. The molecule has 0 aliphatic rings. The molecule has 0 radical (unpaired) electrons. The second kappa shape index (κ2) is 4.53. The summed E-state index contributed by atoms with van der Waals surface area (Å²) >= 11 is 5.69. The summed E-state index contributed by atoms with van der Waals surface area (Å²) in [5.41, 5.74) is 1.43. The SMILES string of the molecule is CC(C)c1ncc(CO)c(CCl)n1. The topological polar surface area (TPSA) is 46.0 Å². The van der Waals surface area contributed by atoms with E-state index in [1.807, 2.05) is 13.8 Å². The van der Waals surface area contributed by atoms with Gasteiger partial charge in [0.25, 0.3) is 0 Å². The molecule has 72 valence electrons. The fraction of sp³-hybridized carbons (Fsp3) is 0.556. The van der Waals surface area contributed by atoms with Crippen LogP contribution in [0.15, 0.2) is 6.20 Å². The number of aliphatic hydroxyl groups excluding tert-OH is 1. The normalized spacial score (nSPS) is 10.8. The smallest absolute Gasteiger partial charge is 0.131 e. The highest BCUT2D eigenvalue weighted by molar-refractivity contribution is 6.16. The molecular weight excluding hydrogens is 188 g/mol. The van der Waals surface area contributed by atoms with Gasteiger partial charge in [0.2, 0.25) is 0 Å². The zero-order chi connectivity index (χ0) is 9.84. The van der Waals surface area contributed by atoms with Crippen molar-refractivity contribution in [3.05, 3.63) is 23.3 Å². The third kappa shape index (κ3) is 2.39. The minimum atomic E-state index is -0.0551. The van der Waals surface area contributed by atoms with Gasteiger partial charge in [0.05, 0.1) is 18.2 Å². The number of hydrogen-bond donors (Lipinski definition) is 1. The molecule has 1 aromatic heterocycles. The number of rotatable bonds is 3. The van der Waals surface area contributed by atoms with Crippen LogP contribution in [0.5, 0.6) is 0 Å². The number of nitrogens with zero attached hydrogens (tertiary/aromatic N) is 2. The number of aromatic nitrogens is 2. The van der Waals surface area contributed by atoms with Gasteiger partial charge in [-0.3, -0.25) is 0 Å². The molecule has 0 spiro atoms.